The van der Waals surface area contributed by atoms with Gasteiger partial charge < -0.3 is 0 Å². The molecule has 7 nitrogen and oxygen atoms in total. The summed E-state index contributed by atoms with van der Waals surface area (Å²) in [6.45, 7) is 0. The van der Waals surface area contributed by atoms with Gasteiger partial charge in [-0.15, -0.1) is 0 Å². The van der Waals surface area contributed by atoms with Crippen LogP contribution in [0.5, 0.6) is 0 Å². The fourth-order valence-corrected chi connectivity index (χ4v) is 2.60. The van der Waals surface area contributed by atoms with E-state index in [2.05, 4.69) is 9.97 Å². The van der Waals surface area contributed by atoms with E-state index >= 15 is 0 Å². The number of aromatic nitrogens is 2. The maximum Gasteiger partial charge on any atom is 0.280 e. The fourth-order valence-electron chi connectivity index (χ4n) is 2.60. The SMILES string of the molecule is O=C1CCC(N2C(=O)Cc3cncnc3C2=O)C(=O)C1. The van der Waals surface area contributed by atoms with Crippen LogP contribution in [-0.4, -0.2) is 44.3 Å². The number of carbonyl (C=O) groups is 4. The Morgan fingerprint density at radius 2 is 1.95 bits per heavy atom. The number of fused-ring (bicyclic) bond motifs is 1. The first kappa shape index (κ1) is 12.6. The summed E-state index contributed by atoms with van der Waals surface area (Å²) < 4.78 is 0. The van der Waals surface area contributed by atoms with Crippen LogP contribution in [0.15, 0.2) is 12.5 Å². The third-order valence-electron chi connectivity index (χ3n) is 3.57. The quantitative estimate of drug-likeness (QED) is 0.514. The summed E-state index contributed by atoms with van der Waals surface area (Å²) in [5, 5.41) is 0. The molecule has 1 unspecified atom stereocenters. The second-order valence-corrected chi connectivity index (χ2v) is 4.88. The molecule has 1 aliphatic heterocycles. The van der Waals surface area contributed by atoms with Crippen LogP contribution in [0.3, 0.4) is 0 Å². The molecule has 2 heterocycles. The number of nitrogens with zero attached hydrogens (tertiary/aromatic N) is 3. The van der Waals surface area contributed by atoms with Gasteiger partial charge in [-0.3, -0.25) is 24.1 Å². The lowest BCUT2D eigenvalue weighted by Gasteiger charge is -2.33. The van der Waals surface area contributed by atoms with E-state index in [1.807, 2.05) is 0 Å². The van der Waals surface area contributed by atoms with Gasteiger partial charge in [0.05, 0.1) is 18.9 Å². The van der Waals surface area contributed by atoms with E-state index in [1.165, 1.54) is 12.5 Å². The van der Waals surface area contributed by atoms with Gasteiger partial charge in [0, 0.05) is 18.2 Å². The van der Waals surface area contributed by atoms with E-state index in [9.17, 15) is 19.2 Å². The van der Waals surface area contributed by atoms with Crippen molar-refractivity contribution in [3.8, 4) is 0 Å². The minimum absolute atomic E-state index is 0.000357. The zero-order chi connectivity index (χ0) is 14.3. The number of imide groups is 1. The second-order valence-electron chi connectivity index (χ2n) is 4.88. The van der Waals surface area contributed by atoms with Crippen molar-refractivity contribution >= 4 is 23.4 Å². The third-order valence-corrected chi connectivity index (χ3v) is 3.57. The maximum atomic E-state index is 12.3. The molecule has 102 valence electrons. The Labute approximate surface area is 114 Å². The average molecular weight is 273 g/mol. The van der Waals surface area contributed by atoms with Crippen molar-refractivity contribution in [3.63, 3.8) is 0 Å². The first-order chi connectivity index (χ1) is 9.58. The van der Waals surface area contributed by atoms with Crippen molar-refractivity contribution in [2.24, 2.45) is 0 Å². The number of amides is 2. The predicted octanol–water partition coefficient (Wildman–Crippen LogP) is -0.308. The van der Waals surface area contributed by atoms with Gasteiger partial charge in [0.1, 0.15) is 17.8 Å². The lowest BCUT2D eigenvalue weighted by Crippen LogP contribution is -2.53. The molecule has 7 heteroatoms. The van der Waals surface area contributed by atoms with Gasteiger partial charge >= 0.3 is 0 Å². The zero-order valence-electron chi connectivity index (χ0n) is 10.5. The smallest absolute Gasteiger partial charge is 0.280 e. The van der Waals surface area contributed by atoms with Crippen molar-refractivity contribution in [1.82, 2.24) is 14.9 Å². The van der Waals surface area contributed by atoms with Gasteiger partial charge in [0.15, 0.2) is 5.78 Å². The number of rotatable bonds is 1. The van der Waals surface area contributed by atoms with E-state index in [0.29, 0.717) is 5.56 Å². The van der Waals surface area contributed by atoms with E-state index in [0.717, 1.165) is 4.90 Å². The first-order valence-electron chi connectivity index (χ1n) is 6.27. The molecule has 0 saturated heterocycles. The molecule has 0 aromatic carbocycles. The Morgan fingerprint density at radius 3 is 2.70 bits per heavy atom. The third kappa shape index (κ3) is 1.91. The van der Waals surface area contributed by atoms with Gasteiger partial charge in [-0.2, -0.15) is 0 Å². The highest BCUT2D eigenvalue weighted by Gasteiger charge is 2.41. The number of hydrogen-bond acceptors (Lipinski definition) is 6. The number of ketones is 2. The van der Waals surface area contributed by atoms with Crippen LogP contribution in [0, 0.1) is 0 Å². The van der Waals surface area contributed by atoms with Gasteiger partial charge in [0.25, 0.3) is 5.91 Å². The van der Waals surface area contributed by atoms with E-state index in [4.69, 9.17) is 0 Å². The highest BCUT2D eigenvalue weighted by Crippen LogP contribution is 2.24. The van der Waals surface area contributed by atoms with Crippen LogP contribution < -0.4 is 0 Å². The van der Waals surface area contributed by atoms with Crippen LogP contribution in [0.25, 0.3) is 0 Å². The van der Waals surface area contributed by atoms with Gasteiger partial charge in [-0.1, -0.05) is 0 Å². The normalized spacial score (nSPS) is 23.0. The van der Waals surface area contributed by atoms with E-state index in [-0.39, 0.29) is 42.9 Å². The molecule has 2 aliphatic rings. The van der Waals surface area contributed by atoms with Crippen LogP contribution in [0.1, 0.15) is 35.3 Å². The molecule has 0 N–H and O–H groups in total. The molecule has 1 aromatic heterocycles. The van der Waals surface area contributed by atoms with Crippen molar-refractivity contribution in [2.75, 3.05) is 0 Å². The van der Waals surface area contributed by atoms with Gasteiger partial charge in [0.2, 0.25) is 5.91 Å². The van der Waals surface area contributed by atoms with Crippen LogP contribution in [-0.2, 0) is 20.8 Å². The standard InChI is InChI=1S/C13H11N3O4/c17-8-1-2-9(10(18)4-8)16-11(19)3-7-5-14-6-15-12(7)13(16)20/h5-6,9H,1-4H2. The van der Waals surface area contributed by atoms with Crippen LogP contribution in [0.4, 0.5) is 0 Å². The largest absolute Gasteiger partial charge is 0.299 e. The highest BCUT2D eigenvalue weighted by molar-refractivity contribution is 6.13. The van der Waals surface area contributed by atoms with Gasteiger partial charge in [-0.25, -0.2) is 9.97 Å². The van der Waals surface area contributed by atoms with Crippen molar-refractivity contribution < 1.29 is 19.2 Å². The molecule has 0 spiro atoms. The minimum atomic E-state index is -0.837. The van der Waals surface area contributed by atoms with Crippen molar-refractivity contribution in [3.05, 3.63) is 23.8 Å². The summed E-state index contributed by atoms with van der Waals surface area (Å²) in [6, 6.07) is -0.837. The molecule has 2 amide bonds. The topological polar surface area (TPSA) is 97.3 Å². The zero-order valence-corrected chi connectivity index (χ0v) is 10.5. The number of Topliss-reactive ketones (excluding diaryl/α,β-unsaturated/α-hetero) is 2. The van der Waals surface area contributed by atoms with Crippen LogP contribution in [0.2, 0.25) is 0 Å². The number of carbonyl (C=O) groups excluding carboxylic acids is 4. The Morgan fingerprint density at radius 1 is 1.15 bits per heavy atom. The number of hydrogen-bond donors (Lipinski definition) is 0. The lowest BCUT2D eigenvalue weighted by atomic mass is 9.90. The monoisotopic (exact) mass is 273 g/mol. The lowest BCUT2D eigenvalue weighted by molar-refractivity contribution is -0.141. The minimum Gasteiger partial charge on any atom is -0.299 e. The molecular weight excluding hydrogens is 262 g/mol. The molecule has 1 aromatic rings. The highest BCUT2D eigenvalue weighted by atomic mass is 16.2. The summed E-state index contributed by atoms with van der Waals surface area (Å²) in [5.74, 6) is -1.54. The summed E-state index contributed by atoms with van der Waals surface area (Å²) in [5.41, 5.74) is 0.627. The fraction of sp³-hybridized carbons (Fsp3) is 0.385. The average Bonchev–Trinajstić information content (AvgIpc) is 2.41. The molecule has 0 bridgehead atoms. The van der Waals surface area contributed by atoms with Crippen LogP contribution >= 0.6 is 0 Å². The molecule has 1 aliphatic carbocycles. The molecule has 0 radical (unpaired) electrons. The molecular formula is C13H11N3O4. The molecule has 20 heavy (non-hydrogen) atoms. The first-order valence-corrected chi connectivity index (χ1v) is 6.27. The summed E-state index contributed by atoms with van der Waals surface area (Å²) in [7, 11) is 0. The molecule has 3 rings (SSSR count). The van der Waals surface area contributed by atoms with E-state index in [1.54, 1.807) is 0 Å². The maximum absolute atomic E-state index is 12.3. The van der Waals surface area contributed by atoms with E-state index < -0.39 is 17.9 Å². The van der Waals surface area contributed by atoms with Gasteiger partial charge in [-0.05, 0) is 6.42 Å². The molecule has 1 fully saturated rings. The summed E-state index contributed by atoms with van der Waals surface area (Å²) in [4.78, 5) is 56.2. The van der Waals surface area contributed by atoms with Crippen molar-refractivity contribution in [2.45, 2.75) is 31.7 Å². The molecule has 1 saturated carbocycles. The summed E-state index contributed by atoms with van der Waals surface area (Å²) >= 11 is 0. The Hall–Kier alpha value is -2.44. The predicted molar refractivity (Wildman–Crippen MR) is 64.6 cm³/mol. The Bertz CT molecular complexity index is 640. The summed E-state index contributed by atoms with van der Waals surface area (Å²) in [6.07, 6.45) is 2.87. The van der Waals surface area contributed by atoms with Crippen molar-refractivity contribution in [1.29, 1.82) is 0 Å². The Kier molecular flexibility index (Phi) is 2.89. The molecule has 1 atom stereocenters. The Balaban J connectivity index is 1.95. The second kappa shape index (κ2) is 4.59.